The van der Waals surface area contributed by atoms with Gasteiger partial charge in [0.05, 0.1) is 24.0 Å². The molecule has 1 amide bonds. The molecule has 0 aliphatic carbocycles. The first kappa shape index (κ1) is 18.1. The average Bonchev–Trinajstić information content (AvgIpc) is 3.17. The van der Waals surface area contributed by atoms with Crippen LogP contribution in [0.3, 0.4) is 0 Å². The van der Waals surface area contributed by atoms with E-state index in [1.165, 1.54) is 4.88 Å². The van der Waals surface area contributed by atoms with Crippen molar-refractivity contribution in [3.8, 4) is 0 Å². The van der Waals surface area contributed by atoms with Gasteiger partial charge in [0.2, 0.25) is 0 Å². The monoisotopic (exact) mass is 365 g/mol. The highest BCUT2D eigenvalue weighted by Gasteiger charge is 2.25. The van der Waals surface area contributed by atoms with Crippen molar-refractivity contribution in [1.82, 2.24) is 15.4 Å². The van der Waals surface area contributed by atoms with Crippen LogP contribution in [-0.4, -0.2) is 52.0 Å². The number of nitrogens with one attached hydrogen (secondary N) is 1. The molecule has 3 heterocycles. The molecule has 2 aromatic rings. The van der Waals surface area contributed by atoms with Gasteiger partial charge in [0.1, 0.15) is 5.76 Å². The zero-order valence-electron chi connectivity index (χ0n) is 14.4. The largest absolute Gasteiger partial charge is 0.394 e. The highest BCUT2D eigenvalue weighted by molar-refractivity contribution is 7.10. The van der Waals surface area contributed by atoms with Crippen LogP contribution in [0.15, 0.2) is 9.90 Å². The minimum atomic E-state index is -0.927. The van der Waals surface area contributed by atoms with Gasteiger partial charge in [0.15, 0.2) is 0 Å². The van der Waals surface area contributed by atoms with Crippen molar-refractivity contribution in [2.75, 3.05) is 19.7 Å². The first-order chi connectivity index (χ1) is 12.0. The van der Waals surface area contributed by atoms with E-state index < -0.39 is 6.10 Å². The van der Waals surface area contributed by atoms with E-state index in [1.807, 2.05) is 19.2 Å². The molecule has 0 saturated heterocycles. The third-order valence-electron chi connectivity index (χ3n) is 4.54. The number of thiophene rings is 1. The van der Waals surface area contributed by atoms with E-state index in [0.717, 1.165) is 48.6 Å². The minimum Gasteiger partial charge on any atom is -0.394 e. The number of aliphatic hydroxyl groups excluding tert-OH is 2. The summed E-state index contributed by atoms with van der Waals surface area (Å²) in [5, 5.41) is 26.7. The Morgan fingerprint density at radius 2 is 2.32 bits per heavy atom. The second kappa shape index (κ2) is 7.65. The van der Waals surface area contributed by atoms with Crippen LogP contribution in [0.5, 0.6) is 0 Å². The standard InChI is InChI=1S/C17H23N3O4S/c1-10-14(11(2)24-19-10)6-20-4-3-13-15(9-25-16(13)7-20)17(23)18-5-12(22)8-21/h9,12,21-22H,3-8H2,1-2H3,(H,18,23)/t12-/m1/s1. The number of aliphatic hydroxyl groups is 2. The zero-order chi connectivity index (χ0) is 18.0. The normalized spacial score (nSPS) is 15.8. The van der Waals surface area contributed by atoms with Crippen LogP contribution in [0.4, 0.5) is 0 Å². The van der Waals surface area contributed by atoms with Crippen molar-refractivity contribution in [3.63, 3.8) is 0 Å². The number of amides is 1. The van der Waals surface area contributed by atoms with Crippen molar-refractivity contribution in [2.45, 2.75) is 39.5 Å². The van der Waals surface area contributed by atoms with Gasteiger partial charge >= 0.3 is 0 Å². The Bertz CT molecular complexity index is 736. The van der Waals surface area contributed by atoms with Crippen molar-refractivity contribution in [1.29, 1.82) is 0 Å². The van der Waals surface area contributed by atoms with Crippen LogP contribution in [0, 0.1) is 13.8 Å². The molecule has 2 aromatic heterocycles. The van der Waals surface area contributed by atoms with Gasteiger partial charge in [-0.15, -0.1) is 11.3 Å². The molecule has 1 aliphatic heterocycles. The molecule has 0 spiro atoms. The minimum absolute atomic E-state index is 0.0537. The smallest absolute Gasteiger partial charge is 0.252 e. The average molecular weight is 365 g/mol. The molecule has 3 rings (SSSR count). The molecule has 0 unspecified atom stereocenters. The van der Waals surface area contributed by atoms with E-state index in [2.05, 4.69) is 15.4 Å². The quantitative estimate of drug-likeness (QED) is 0.706. The van der Waals surface area contributed by atoms with Gasteiger partial charge in [-0.2, -0.15) is 0 Å². The van der Waals surface area contributed by atoms with Crippen LogP contribution in [0.1, 0.15) is 37.8 Å². The maximum absolute atomic E-state index is 12.3. The predicted octanol–water partition coefficient (Wildman–Crippen LogP) is 0.994. The summed E-state index contributed by atoms with van der Waals surface area (Å²) in [6.07, 6.45) is -0.114. The molecule has 136 valence electrons. The Kier molecular flexibility index (Phi) is 5.53. The maximum atomic E-state index is 12.3. The molecule has 0 saturated carbocycles. The molecule has 0 aromatic carbocycles. The van der Waals surface area contributed by atoms with E-state index in [1.54, 1.807) is 11.3 Å². The fourth-order valence-corrected chi connectivity index (χ4v) is 4.15. The maximum Gasteiger partial charge on any atom is 0.252 e. The molecule has 0 bridgehead atoms. The molecular formula is C17H23N3O4S. The summed E-state index contributed by atoms with van der Waals surface area (Å²) >= 11 is 1.59. The highest BCUT2D eigenvalue weighted by Crippen LogP contribution is 2.30. The van der Waals surface area contributed by atoms with Gasteiger partial charge in [-0.1, -0.05) is 5.16 Å². The number of rotatable bonds is 6. The van der Waals surface area contributed by atoms with Crippen molar-refractivity contribution in [2.24, 2.45) is 0 Å². The van der Waals surface area contributed by atoms with Crippen LogP contribution in [0.2, 0.25) is 0 Å². The lowest BCUT2D eigenvalue weighted by Crippen LogP contribution is -2.35. The van der Waals surface area contributed by atoms with Gasteiger partial charge < -0.3 is 20.1 Å². The molecule has 0 fully saturated rings. The zero-order valence-corrected chi connectivity index (χ0v) is 15.2. The number of hydrogen-bond donors (Lipinski definition) is 3. The van der Waals surface area contributed by atoms with Crippen LogP contribution in [0.25, 0.3) is 0 Å². The second-order valence-corrected chi connectivity index (χ2v) is 7.33. The highest BCUT2D eigenvalue weighted by atomic mass is 32.1. The van der Waals surface area contributed by atoms with Crippen molar-refractivity contribution in [3.05, 3.63) is 38.4 Å². The summed E-state index contributed by atoms with van der Waals surface area (Å²) in [5.74, 6) is 0.668. The molecule has 3 N–H and O–H groups in total. The van der Waals surface area contributed by atoms with E-state index in [-0.39, 0.29) is 19.1 Å². The number of aromatic nitrogens is 1. The van der Waals surface area contributed by atoms with Gasteiger partial charge in [0, 0.05) is 42.0 Å². The molecular weight excluding hydrogens is 342 g/mol. The fraction of sp³-hybridized carbons (Fsp3) is 0.529. The fourth-order valence-electron chi connectivity index (χ4n) is 3.03. The van der Waals surface area contributed by atoms with E-state index in [4.69, 9.17) is 9.63 Å². The Balaban J connectivity index is 1.65. The summed E-state index contributed by atoms with van der Waals surface area (Å²) in [6.45, 7) is 6.04. The summed E-state index contributed by atoms with van der Waals surface area (Å²) in [7, 11) is 0. The van der Waals surface area contributed by atoms with Crippen molar-refractivity contribution >= 4 is 17.2 Å². The number of nitrogens with zero attached hydrogens (tertiary/aromatic N) is 2. The summed E-state index contributed by atoms with van der Waals surface area (Å²) in [6, 6.07) is 0. The Hall–Kier alpha value is -1.74. The molecule has 1 aliphatic rings. The molecule has 0 radical (unpaired) electrons. The lowest BCUT2D eigenvalue weighted by atomic mass is 10.0. The Labute approximate surface area is 150 Å². The van der Waals surface area contributed by atoms with E-state index in [9.17, 15) is 9.90 Å². The summed E-state index contributed by atoms with van der Waals surface area (Å²) < 4.78 is 5.23. The number of carbonyl (C=O) groups is 1. The number of carbonyl (C=O) groups excluding carboxylic acids is 1. The van der Waals surface area contributed by atoms with Crippen molar-refractivity contribution < 1.29 is 19.5 Å². The second-order valence-electron chi connectivity index (χ2n) is 6.36. The first-order valence-electron chi connectivity index (χ1n) is 8.30. The third kappa shape index (κ3) is 3.92. The molecule has 1 atom stereocenters. The van der Waals surface area contributed by atoms with Gasteiger partial charge in [0.25, 0.3) is 5.91 Å². The first-order valence-corrected chi connectivity index (χ1v) is 9.18. The predicted molar refractivity (Wildman–Crippen MR) is 93.5 cm³/mol. The third-order valence-corrected chi connectivity index (χ3v) is 5.56. The number of aryl methyl sites for hydroxylation is 2. The van der Waals surface area contributed by atoms with Gasteiger partial charge in [-0.25, -0.2) is 0 Å². The van der Waals surface area contributed by atoms with E-state index in [0.29, 0.717) is 5.56 Å². The number of fused-ring (bicyclic) bond motifs is 1. The van der Waals surface area contributed by atoms with Crippen LogP contribution < -0.4 is 5.32 Å². The van der Waals surface area contributed by atoms with E-state index >= 15 is 0 Å². The lowest BCUT2D eigenvalue weighted by molar-refractivity contribution is 0.0801. The SMILES string of the molecule is Cc1noc(C)c1CN1CCc2c(C(=O)NC[C@@H](O)CO)csc2C1. The topological polar surface area (TPSA) is 98.8 Å². The summed E-state index contributed by atoms with van der Waals surface area (Å²) in [4.78, 5) is 15.8. The van der Waals surface area contributed by atoms with Crippen LogP contribution in [-0.2, 0) is 19.5 Å². The Morgan fingerprint density at radius 1 is 1.52 bits per heavy atom. The molecule has 8 heteroatoms. The van der Waals surface area contributed by atoms with Gasteiger partial charge in [-0.3, -0.25) is 9.69 Å². The molecule has 7 nitrogen and oxygen atoms in total. The molecule has 25 heavy (non-hydrogen) atoms. The summed E-state index contributed by atoms with van der Waals surface area (Å²) in [5.41, 5.74) is 3.84. The lowest BCUT2D eigenvalue weighted by Gasteiger charge is -2.27. The van der Waals surface area contributed by atoms with Crippen LogP contribution >= 0.6 is 11.3 Å². The van der Waals surface area contributed by atoms with Gasteiger partial charge in [-0.05, 0) is 25.8 Å². The number of hydrogen-bond acceptors (Lipinski definition) is 7. The Morgan fingerprint density at radius 3 is 3.00 bits per heavy atom.